The van der Waals surface area contributed by atoms with Crippen molar-refractivity contribution in [2.24, 2.45) is 0 Å². The fourth-order valence-electron chi connectivity index (χ4n) is 3.78. The van der Waals surface area contributed by atoms with Gasteiger partial charge >= 0.3 is 0 Å². The second kappa shape index (κ2) is 8.34. The van der Waals surface area contributed by atoms with Gasteiger partial charge in [-0.2, -0.15) is 0 Å². The van der Waals surface area contributed by atoms with Crippen molar-refractivity contribution in [2.75, 3.05) is 20.3 Å². The molecule has 0 unspecified atom stereocenters. The highest BCUT2D eigenvalue weighted by molar-refractivity contribution is 5.86. The van der Waals surface area contributed by atoms with E-state index >= 15 is 0 Å². The summed E-state index contributed by atoms with van der Waals surface area (Å²) in [6.45, 7) is 3.46. The highest BCUT2D eigenvalue weighted by Crippen LogP contribution is 2.23. The number of rotatable bonds is 7. The molecule has 0 heterocycles. The lowest BCUT2D eigenvalue weighted by Gasteiger charge is -2.24. The van der Waals surface area contributed by atoms with Crippen LogP contribution < -0.4 is 0 Å². The van der Waals surface area contributed by atoms with Gasteiger partial charge in [-0.15, -0.1) is 0 Å². The predicted octanol–water partition coefficient (Wildman–Crippen LogP) is 5.64. The lowest BCUT2D eigenvalue weighted by atomic mass is 10.0. The Morgan fingerprint density at radius 2 is 1.11 bits per heavy atom. The minimum Gasteiger partial charge on any atom is -0.383 e. The summed E-state index contributed by atoms with van der Waals surface area (Å²) in [6, 6.07) is 30.4. The zero-order valence-electron chi connectivity index (χ0n) is 15.8. The van der Waals surface area contributed by atoms with E-state index in [-0.39, 0.29) is 0 Å². The molecule has 0 saturated heterocycles. The fraction of sp³-hybridized carbons (Fsp3) is 0.200. The third-order valence-electron chi connectivity index (χ3n) is 5.16. The van der Waals surface area contributed by atoms with Crippen LogP contribution in [0.3, 0.4) is 0 Å². The quantitative estimate of drug-likeness (QED) is 0.425. The number of hydrogen-bond acceptors (Lipinski definition) is 2. The molecule has 0 aliphatic rings. The first-order valence-electron chi connectivity index (χ1n) is 9.50. The van der Waals surface area contributed by atoms with Gasteiger partial charge in [-0.05, 0) is 32.7 Å². The maximum atomic E-state index is 5.38. The summed E-state index contributed by atoms with van der Waals surface area (Å²) in [5, 5.41) is 5.26. The van der Waals surface area contributed by atoms with Crippen LogP contribution in [0.2, 0.25) is 0 Å². The van der Waals surface area contributed by atoms with Crippen LogP contribution in [0.5, 0.6) is 0 Å². The van der Waals surface area contributed by atoms with Crippen LogP contribution in [-0.2, 0) is 17.8 Å². The molecule has 2 heteroatoms. The fourth-order valence-corrected chi connectivity index (χ4v) is 3.78. The van der Waals surface area contributed by atoms with E-state index in [1.807, 2.05) is 0 Å². The highest BCUT2D eigenvalue weighted by atomic mass is 16.5. The van der Waals surface area contributed by atoms with Crippen LogP contribution in [0, 0.1) is 0 Å². The zero-order valence-corrected chi connectivity index (χ0v) is 15.8. The molecule has 0 bridgehead atoms. The van der Waals surface area contributed by atoms with Crippen molar-refractivity contribution in [3.05, 3.63) is 96.1 Å². The lowest BCUT2D eigenvalue weighted by molar-refractivity contribution is 0.140. The topological polar surface area (TPSA) is 12.5 Å². The molecule has 0 radical (unpaired) electrons. The van der Waals surface area contributed by atoms with Gasteiger partial charge in [0, 0.05) is 26.7 Å². The first-order chi connectivity index (χ1) is 13.3. The normalized spacial score (nSPS) is 11.5. The Bertz CT molecular complexity index is 949. The number of nitrogens with zero attached hydrogens (tertiary/aromatic N) is 1. The lowest BCUT2D eigenvalue weighted by Crippen LogP contribution is -2.26. The molecular formula is C25H25NO. The van der Waals surface area contributed by atoms with Gasteiger partial charge in [-0.1, -0.05) is 84.9 Å². The molecule has 136 valence electrons. The summed E-state index contributed by atoms with van der Waals surface area (Å²) in [5.74, 6) is 0. The summed E-state index contributed by atoms with van der Waals surface area (Å²) in [7, 11) is 1.77. The zero-order chi connectivity index (χ0) is 18.5. The van der Waals surface area contributed by atoms with Crippen LogP contribution in [0.1, 0.15) is 11.1 Å². The van der Waals surface area contributed by atoms with E-state index < -0.39 is 0 Å². The third-order valence-corrected chi connectivity index (χ3v) is 5.16. The minimum atomic E-state index is 0.732. The highest BCUT2D eigenvalue weighted by Gasteiger charge is 2.11. The van der Waals surface area contributed by atoms with E-state index in [1.165, 1.54) is 32.7 Å². The molecular weight excluding hydrogens is 330 g/mol. The van der Waals surface area contributed by atoms with E-state index in [4.69, 9.17) is 4.74 Å². The van der Waals surface area contributed by atoms with Crippen LogP contribution in [0.25, 0.3) is 21.5 Å². The van der Waals surface area contributed by atoms with Crippen LogP contribution in [0.15, 0.2) is 84.9 Å². The Hall–Kier alpha value is -2.68. The van der Waals surface area contributed by atoms with E-state index in [2.05, 4.69) is 89.8 Å². The Kier molecular flexibility index (Phi) is 5.47. The standard InChI is InChI=1S/C25H25NO/c1-27-17-16-26(18-22-12-6-10-20-8-2-4-14-24(20)22)19-23-13-7-11-21-9-3-5-15-25(21)23/h2-15H,16-19H2,1H3. The van der Waals surface area contributed by atoms with E-state index in [0.29, 0.717) is 0 Å². The number of methoxy groups -OCH3 is 1. The molecule has 0 N–H and O–H groups in total. The van der Waals surface area contributed by atoms with Gasteiger partial charge in [0.15, 0.2) is 0 Å². The van der Waals surface area contributed by atoms with Crippen molar-refractivity contribution in [2.45, 2.75) is 13.1 Å². The average Bonchev–Trinajstić information content (AvgIpc) is 2.72. The molecule has 0 aliphatic heterocycles. The second-order valence-electron chi connectivity index (χ2n) is 6.98. The number of hydrogen-bond donors (Lipinski definition) is 0. The number of fused-ring (bicyclic) bond motifs is 2. The summed E-state index contributed by atoms with van der Waals surface area (Å²) in [4.78, 5) is 2.48. The molecule has 0 aromatic heterocycles. The largest absolute Gasteiger partial charge is 0.383 e. The summed E-state index contributed by atoms with van der Waals surface area (Å²) in [5.41, 5.74) is 2.73. The van der Waals surface area contributed by atoms with Gasteiger partial charge < -0.3 is 4.74 Å². The molecule has 4 aromatic rings. The molecule has 0 fully saturated rings. The van der Waals surface area contributed by atoms with Gasteiger partial charge in [0.25, 0.3) is 0 Å². The van der Waals surface area contributed by atoms with Crippen molar-refractivity contribution >= 4 is 21.5 Å². The smallest absolute Gasteiger partial charge is 0.0589 e. The molecule has 0 atom stereocenters. The monoisotopic (exact) mass is 355 g/mol. The summed E-state index contributed by atoms with van der Waals surface area (Å²) >= 11 is 0. The molecule has 27 heavy (non-hydrogen) atoms. The SMILES string of the molecule is COCCN(Cc1cccc2ccccc12)Cc1cccc2ccccc12. The second-order valence-corrected chi connectivity index (χ2v) is 6.98. The van der Waals surface area contributed by atoms with Gasteiger partial charge in [0.05, 0.1) is 6.61 Å². The molecule has 0 aliphatic carbocycles. The molecule has 4 rings (SSSR count). The van der Waals surface area contributed by atoms with Gasteiger partial charge in [-0.3, -0.25) is 4.90 Å². The van der Waals surface area contributed by atoms with Gasteiger partial charge in [-0.25, -0.2) is 0 Å². The number of ether oxygens (including phenoxy) is 1. The number of benzene rings is 4. The molecule has 0 amide bonds. The Morgan fingerprint density at radius 1 is 0.630 bits per heavy atom. The van der Waals surface area contributed by atoms with E-state index in [9.17, 15) is 0 Å². The minimum absolute atomic E-state index is 0.732. The van der Waals surface area contributed by atoms with Crippen LogP contribution in [-0.4, -0.2) is 25.2 Å². The average molecular weight is 355 g/mol. The van der Waals surface area contributed by atoms with Crippen LogP contribution >= 0.6 is 0 Å². The Labute approximate surface area is 161 Å². The van der Waals surface area contributed by atoms with Crippen LogP contribution in [0.4, 0.5) is 0 Å². The molecule has 2 nitrogen and oxygen atoms in total. The first-order valence-corrected chi connectivity index (χ1v) is 9.50. The van der Waals surface area contributed by atoms with Gasteiger partial charge in [0.2, 0.25) is 0 Å². The molecule has 4 aromatic carbocycles. The van der Waals surface area contributed by atoms with Crippen molar-refractivity contribution < 1.29 is 4.74 Å². The first kappa shape index (κ1) is 17.7. The predicted molar refractivity (Wildman–Crippen MR) is 114 cm³/mol. The summed E-state index contributed by atoms with van der Waals surface area (Å²) < 4.78 is 5.38. The maximum Gasteiger partial charge on any atom is 0.0589 e. The van der Waals surface area contributed by atoms with Crippen molar-refractivity contribution in [3.63, 3.8) is 0 Å². The van der Waals surface area contributed by atoms with E-state index in [0.717, 1.165) is 26.2 Å². The maximum absolute atomic E-state index is 5.38. The Morgan fingerprint density at radius 3 is 1.63 bits per heavy atom. The Balaban J connectivity index is 1.65. The van der Waals surface area contributed by atoms with Gasteiger partial charge in [0.1, 0.15) is 0 Å². The van der Waals surface area contributed by atoms with Crippen molar-refractivity contribution in [3.8, 4) is 0 Å². The molecule has 0 saturated carbocycles. The van der Waals surface area contributed by atoms with Crippen molar-refractivity contribution in [1.82, 2.24) is 4.90 Å². The van der Waals surface area contributed by atoms with E-state index in [1.54, 1.807) is 7.11 Å². The van der Waals surface area contributed by atoms with Crippen molar-refractivity contribution in [1.29, 1.82) is 0 Å². The summed E-state index contributed by atoms with van der Waals surface area (Å²) in [6.07, 6.45) is 0. The molecule has 0 spiro atoms. The third kappa shape index (κ3) is 4.02.